The molecule has 1 heterocycles. The third kappa shape index (κ3) is 3.88. The van der Waals surface area contributed by atoms with Gasteiger partial charge in [-0.25, -0.2) is 4.98 Å². The molecule has 1 atom stereocenters. The number of aromatic nitrogens is 2. The van der Waals surface area contributed by atoms with Crippen LogP contribution in [0.1, 0.15) is 26.3 Å². The van der Waals surface area contributed by atoms with E-state index in [2.05, 4.69) is 4.98 Å². The summed E-state index contributed by atoms with van der Waals surface area (Å²) in [6.45, 7) is 6.19. The molecule has 0 spiro atoms. The van der Waals surface area contributed by atoms with Gasteiger partial charge < -0.3 is 9.67 Å². The predicted molar refractivity (Wildman–Crippen MR) is 78.1 cm³/mol. The Kier molecular flexibility index (Phi) is 4.33. The summed E-state index contributed by atoms with van der Waals surface area (Å²) in [5, 5.41) is 10.1. The maximum Gasteiger partial charge on any atom is 0.416 e. The van der Waals surface area contributed by atoms with Gasteiger partial charge in [0.1, 0.15) is 0 Å². The first-order valence-corrected chi connectivity index (χ1v) is 6.95. The number of imidazole rings is 1. The second kappa shape index (κ2) is 5.76. The molecule has 1 aromatic heterocycles. The van der Waals surface area contributed by atoms with Crippen LogP contribution in [0.2, 0.25) is 0 Å². The quantitative estimate of drug-likeness (QED) is 0.931. The van der Waals surface area contributed by atoms with E-state index in [0.717, 1.165) is 12.1 Å². The molecule has 120 valence electrons. The van der Waals surface area contributed by atoms with Gasteiger partial charge in [0, 0.05) is 11.8 Å². The molecule has 0 fully saturated rings. The zero-order valence-electron chi connectivity index (χ0n) is 12.7. The number of hydrogen-bond donors (Lipinski definition) is 1. The van der Waals surface area contributed by atoms with Crippen molar-refractivity contribution < 1.29 is 18.3 Å². The summed E-state index contributed by atoms with van der Waals surface area (Å²) in [7, 11) is 0. The highest BCUT2D eigenvalue weighted by Gasteiger charge is 2.30. The highest BCUT2D eigenvalue weighted by atomic mass is 19.4. The number of alkyl halides is 3. The fourth-order valence-corrected chi connectivity index (χ4v) is 1.91. The molecule has 0 aliphatic carbocycles. The van der Waals surface area contributed by atoms with Crippen LogP contribution in [0.4, 0.5) is 13.2 Å². The summed E-state index contributed by atoms with van der Waals surface area (Å²) >= 11 is 0. The second-order valence-corrected chi connectivity index (χ2v) is 6.41. The van der Waals surface area contributed by atoms with E-state index in [1.54, 1.807) is 17.1 Å². The van der Waals surface area contributed by atoms with Crippen molar-refractivity contribution in [2.75, 3.05) is 0 Å². The van der Waals surface area contributed by atoms with Crippen molar-refractivity contribution in [1.29, 1.82) is 0 Å². The van der Waals surface area contributed by atoms with Crippen molar-refractivity contribution in [3.8, 4) is 11.3 Å². The van der Waals surface area contributed by atoms with E-state index in [1.165, 1.54) is 12.1 Å². The summed E-state index contributed by atoms with van der Waals surface area (Å²) in [4.78, 5) is 4.18. The lowest BCUT2D eigenvalue weighted by Crippen LogP contribution is -2.30. The molecule has 6 heteroatoms. The average Bonchev–Trinajstić information content (AvgIpc) is 2.85. The fourth-order valence-electron chi connectivity index (χ4n) is 1.91. The summed E-state index contributed by atoms with van der Waals surface area (Å²) in [6.07, 6.45) is -1.59. The summed E-state index contributed by atoms with van der Waals surface area (Å²) in [6, 6.07) is 4.88. The zero-order chi connectivity index (χ0) is 16.5. The first-order chi connectivity index (χ1) is 10.1. The monoisotopic (exact) mass is 312 g/mol. The van der Waals surface area contributed by atoms with Crippen LogP contribution in [0, 0.1) is 5.41 Å². The Labute approximate surface area is 127 Å². The molecule has 0 amide bonds. The van der Waals surface area contributed by atoms with Gasteiger partial charge in [-0.15, -0.1) is 0 Å². The third-order valence-corrected chi connectivity index (χ3v) is 3.52. The molecule has 1 unspecified atom stereocenters. The minimum absolute atomic E-state index is 0.251. The first kappa shape index (κ1) is 16.5. The van der Waals surface area contributed by atoms with E-state index >= 15 is 0 Å². The van der Waals surface area contributed by atoms with Gasteiger partial charge in [0.2, 0.25) is 0 Å². The lowest BCUT2D eigenvalue weighted by molar-refractivity contribution is -0.137. The van der Waals surface area contributed by atoms with Gasteiger partial charge in [0.05, 0.1) is 30.2 Å². The molecule has 0 saturated heterocycles. The van der Waals surface area contributed by atoms with Crippen LogP contribution in [0.15, 0.2) is 36.8 Å². The lowest BCUT2D eigenvalue weighted by Gasteiger charge is -2.25. The number of halogens is 3. The standard InChI is InChI=1S/C16H19F3N2O/c1-15(2,3)14(22)9-21-8-13(20-10-21)11-4-6-12(7-5-11)16(17,18)19/h4-8,10,14,22H,9H2,1-3H3. The normalized spacial score (nSPS) is 14.1. The molecule has 22 heavy (non-hydrogen) atoms. The molecule has 2 rings (SSSR count). The Morgan fingerprint density at radius 3 is 2.23 bits per heavy atom. The van der Waals surface area contributed by atoms with Gasteiger partial charge in [-0.05, 0) is 17.5 Å². The Hall–Kier alpha value is -1.82. The molecular formula is C16H19F3N2O. The Morgan fingerprint density at radius 1 is 1.14 bits per heavy atom. The predicted octanol–water partition coefficient (Wildman–Crippen LogP) is 3.98. The van der Waals surface area contributed by atoms with Gasteiger partial charge in [0.15, 0.2) is 0 Å². The molecule has 1 aromatic carbocycles. The summed E-state index contributed by atoms with van der Waals surface area (Å²) in [5.74, 6) is 0. The maximum absolute atomic E-state index is 12.5. The number of aliphatic hydroxyl groups is 1. The Morgan fingerprint density at radius 2 is 1.73 bits per heavy atom. The van der Waals surface area contributed by atoms with E-state index in [1.807, 2.05) is 20.8 Å². The van der Waals surface area contributed by atoms with Crippen LogP contribution in [0.25, 0.3) is 11.3 Å². The van der Waals surface area contributed by atoms with Gasteiger partial charge in [0.25, 0.3) is 0 Å². The van der Waals surface area contributed by atoms with E-state index in [0.29, 0.717) is 17.8 Å². The first-order valence-electron chi connectivity index (χ1n) is 6.95. The minimum Gasteiger partial charge on any atom is -0.391 e. The third-order valence-electron chi connectivity index (χ3n) is 3.52. The number of benzene rings is 1. The molecule has 0 aliphatic heterocycles. The summed E-state index contributed by atoms with van der Waals surface area (Å²) in [5.41, 5.74) is 0.254. The van der Waals surface area contributed by atoms with E-state index in [9.17, 15) is 18.3 Å². The summed E-state index contributed by atoms with van der Waals surface area (Å²) < 4.78 is 39.3. The lowest BCUT2D eigenvalue weighted by atomic mass is 9.89. The fraction of sp³-hybridized carbons (Fsp3) is 0.438. The van der Waals surface area contributed by atoms with Crippen molar-refractivity contribution in [2.45, 2.75) is 39.6 Å². The molecule has 1 N–H and O–H groups in total. The van der Waals surface area contributed by atoms with Crippen molar-refractivity contribution in [2.24, 2.45) is 5.41 Å². The van der Waals surface area contributed by atoms with Gasteiger partial charge in [-0.1, -0.05) is 32.9 Å². The van der Waals surface area contributed by atoms with Gasteiger partial charge in [-0.2, -0.15) is 13.2 Å². The molecule has 2 aromatic rings. The van der Waals surface area contributed by atoms with Crippen LogP contribution in [-0.4, -0.2) is 20.8 Å². The van der Waals surface area contributed by atoms with Gasteiger partial charge in [-0.3, -0.25) is 0 Å². The highest BCUT2D eigenvalue weighted by Crippen LogP contribution is 2.30. The molecular weight excluding hydrogens is 293 g/mol. The van der Waals surface area contributed by atoms with Crippen molar-refractivity contribution in [3.63, 3.8) is 0 Å². The van der Waals surface area contributed by atoms with E-state index in [-0.39, 0.29) is 5.41 Å². The molecule has 0 bridgehead atoms. The number of hydrogen-bond acceptors (Lipinski definition) is 2. The van der Waals surface area contributed by atoms with Gasteiger partial charge >= 0.3 is 6.18 Å². The molecule has 0 saturated carbocycles. The Balaban J connectivity index is 2.15. The van der Waals surface area contributed by atoms with Crippen LogP contribution in [0.5, 0.6) is 0 Å². The van der Waals surface area contributed by atoms with E-state index < -0.39 is 17.8 Å². The molecule has 0 radical (unpaired) electrons. The number of aliphatic hydroxyl groups excluding tert-OH is 1. The molecule has 3 nitrogen and oxygen atoms in total. The Bertz CT molecular complexity index is 624. The zero-order valence-corrected chi connectivity index (χ0v) is 12.7. The molecule has 0 aliphatic rings. The second-order valence-electron chi connectivity index (χ2n) is 6.41. The smallest absolute Gasteiger partial charge is 0.391 e. The largest absolute Gasteiger partial charge is 0.416 e. The van der Waals surface area contributed by atoms with E-state index in [4.69, 9.17) is 0 Å². The van der Waals surface area contributed by atoms with Crippen LogP contribution >= 0.6 is 0 Å². The van der Waals surface area contributed by atoms with Crippen LogP contribution < -0.4 is 0 Å². The van der Waals surface area contributed by atoms with Crippen LogP contribution in [0.3, 0.4) is 0 Å². The average molecular weight is 312 g/mol. The SMILES string of the molecule is CC(C)(C)C(O)Cn1cnc(-c2ccc(C(F)(F)F)cc2)c1. The maximum atomic E-state index is 12.5. The van der Waals surface area contributed by atoms with Crippen molar-refractivity contribution in [1.82, 2.24) is 9.55 Å². The van der Waals surface area contributed by atoms with Crippen LogP contribution in [-0.2, 0) is 12.7 Å². The van der Waals surface area contributed by atoms with Crippen molar-refractivity contribution in [3.05, 3.63) is 42.4 Å². The highest BCUT2D eigenvalue weighted by molar-refractivity contribution is 5.58. The van der Waals surface area contributed by atoms with Crippen molar-refractivity contribution >= 4 is 0 Å². The number of nitrogens with zero attached hydrogens (tertiary/aromatic N) is 2. The minimum atomic E-state index is -4.34. The topological polar surface area (TPSA) is 38.0 Å². The number of rotatable bonds is 3.